The number of halogens is 1. The van der Waals surface area contributed by atoms with Crippen LogP contribution in [0.25, 0.3) is 0 Å². The Morgan fingerprint density at radius 3 is 2.64 bits per heavy atom. The normalized spacial score (nSPS) is 27.1. The van der Waals surface area contributed by atoms with Crippen molar-refractivity contribution >= 4 is 31.6 Å². The second kappa shape index (κ2) is 12.7. The van der Waals surface area contributed by atoms with Crippen molar-refractivity contribution < 1.29 is 18.7 Å². The Kier molecular flexibility index (Phi) is 9.23. The summed E-state index contributed by atoms with van der Waals surface area (Å²) >= 11 is 6.48. The smallest absolute Gasteiger partial charge is 0.337 e. The van der Waals surface area contributed by atoms with Gasteiger partial charge in [0.25, 0.3) is 0 Å². The van der Waals surface area contributed by atoms with Crippen LogP contribution in [-0.2, 0) is 21.0 Å². The Morgan fingerprint density at radius 2 is 1.96 bits per heavy atom. The Bertz CT molecular complexity index is 1430. The molecule has 0 saturated heterocycles. The van der Waals surface area contributed by atoms with Crippen LogP contribution >= 0.6 is 11.6 Å². The number of carbonyl (C=O) groups excluding carboxylic acids is 1. The minimum atomic E-state index is -1.97. The number of aryl methyl sites for hydroxylation is 1. The third-order valence-corrected chi connectivity index (χ3v) is 16.5. The molecule has 5 atom stereocenters. The molecule has 45 heavy (non-hydrogen) atoms. The fraction of sp³-hybridized carbons (Fsp3) is 0.605. The number of benzene rings is 2. The molecular weight excluding hydrogens is 598 g/mol. The molecule has 2 aromatic rings. The number of methoxy groups -OCH3 is 1. The van der Waals surface area contributed by atoms with Gasteiger partial charge in [0.05, 0.1) is 31.1 Å². The lowest BCUT2D eigenvalue weighted by molar-refractivity contribution is -0.00454. The molecule has 244 valence electrons. The van der Waals surface area contributed by atoms with Gasteiger partial charge in [-0.3, -0.25) is 0 Å². The van der Waals surface area contributed by atoms with Crippen LogP contribution in [0.2, 0.25) is 23.2 Å². The number of ether oxygens (including phenoxy) is 2. The molecule has 4 aliphatic rings. The average molecular weight is 650 g/mol. The van der Waals surface area contributed by atoms with E-state index in [2.05, 4.69) is 63.0 Å². The van der Waals surface area contributed by atoms with E-state index in [1.165, 1.54) is 50.3 Å². The summed E-state index contributed by atoms with van der Waals surface area (Å²) in [6.07, 6.45) is 14.4. The SMILES string of the molecule is COC(=O)c1ccc2c(c1)N(C[C@@H]1CC[C@H]1C(O[Si](C)(C)C(C)(C)C)[C@H]1C=CCCC1)C[C@@]1(CCCc3cc(Cl)ccc31)CO2. The van der Waals surface area contributed by atoms with Crippen molar-refractivity contribution in [3.8, 4) is 5.75 Å². The lowest BCUT2D eigenvalue weighted by atomic mass is 9.66. The van der Waals surface area contributed by atoms with Crippen molar-refractivity contribution in [2.45, 2.75) is 102 Å². The van der Waals surface area contributed by atoms with Crippen LogP contribution in [0.4, 0.5) is 5.69 Å². The third kappa shape index (κ3) is 6.49. The number of nitrogens with zero attached hydrogens (tertiary/aromatic N) is 1. The van der Waals surface area contributed by atoms with Crippen LogP contribution < -0.4 is 9.64 Å². The molecule has 0 aromatic heterocycles. The summed E-state index contributed by atoms with van der Waals surface area (Å²) in [6, 6.07) is 12.2. The van der Waals surface area contributed by atoms with E-state index in [1.54, 1.807) is 0 Å². The fourth-order valence-corrected chi connectivity index (χ4v) is 9.60. The maximum Gasteiger partial charge on any atom is 0.337 e. The van der Waals surface area contributed by atoms with Gasteiger partial charge in [0, 0.05) is 29.4 Å². The predicted octanol–water partition coefficient (Wildman–Crippen LogP) is 9.37. The van der Waals surface area contributed by atoms with E-state index in [0.29, 0.717) is 29.9 Å². The molecule has 0 radical (unpaired) electrons. The molecule has 1 fully saturated rings. The molecule has 0 bridgehead atoms. The molecule has 7 heteroatoms. The summed E-state index contributed by atoms with van der Waals surface area (Å²) in [5.74, 6) is 2.03. The predicted molar refractivity (Wildman–Crippen MR) is 186 cm³/mol. The minimum absolute atomic E-state index is 0.148. The number of allylic oxidation sites excluding steroid dienone is 1. The van der Waals surface area contributed by atoms with Gasteiger partial charge < -0.3 is 18.8 Å². The van der Waals surface area contributed by atoms with Crippen molar-refractivity contribution in [3.05, 3.63) is 70.3 Å². The molecule has 0 N–H and O–H groups in total. The van der Waals surface area contributed by atoms with Gasteiger partial charge in [-0.15, -0.1) is 0 Å². The number of anilines is 1. The number of hydrogen-bond acceptors (Lipinski definition) is 5. The molecule has 0 amide bonds. The average Bonchev–Trinajstić information content (AvgIpc) is 3.15. The molecule has 5 nitrogen and oxygen atoms in total. The van der Waals surface area contributed by atoms with Gasteiger partial charge in [-0.1, -0.05) is 50.6 Å². The maximum atomic E-state index is 12.7. The lowest BCUT2D eigenvalue weighted by Crippen LogP contribution is -2.54. The molecule has 2 aromatic carbocycles. The molecular formula is C38H52ClNO4Si. The van der Waals surface area contributed by atoms with E-state index in [1.807, 2.05) is 24.3 Å². The zero-order valence-electron chi connectivity index (χ0n) is 28.2. The zero-order valence-corrected chi connectivity index (χ0v) is 29.9. The van der Waals surface area contributed by atoms with Gasteiger partial charge in [-0.2, -0.15) is 0 Å². The van der Waals surface area contributed by atoms with Crippen LogP contribution in [0.5, 0.6) is 5.75 Å². The molecule has 3 aliphatic carbocycles. The number of fused-ring (bicyclic) bond motifs is 3. The first-order valence-electron chi connectivity index (χ1n) is 17.1. The molecule has 1 unspecified atom stereocenters. The van der Waals surface area contributed by atoms with Gasteiger partial charge in [-0.05, 0) is 123 Å². The standard InChI is InChI=1S/C38H52ClNO4Si/c1-37(2,3)45(5,6)44-35(26-11-8-7-9-12-26)31-17-14-29(31)23-40-24-38(20-10-13-27-21-30(39)16-18-32(27)38)25-43-34-19-15-28(22-33(34)40)36(41)42-4/h8,11,15-16,18-19,21-22,26,29,31,35H,7,9-10,12-14,17,20,23-25H2,1-6H3/t26-,29-,31+,35?,38-/m0/s1. The molecule has 1 saturated carbocycles. The largest absolute Gasteiger partial charge is 0.490 e. The Morgan fingerprint density at radius 1 is 1.13 bits per heavy atom. The first-order valence-corrected chi connectivity index (χ1v) is 20.4. The first kappa shape index (κ1) is 32.6. The topological polar surface area (TPSA) is 48.0 Å². The minimum Gasteiger partial charge on any atom is -0.490 e. The lowest BCUT2D eigenvalue weighted by Gasteiger charge is -2.51. The molecule has 1 heterocycles. The van der Waals surface area contributed by atoms with E-state index in [4.69, 9.17) is 25.5 Å². The van der Waals surface area contributed by atoms with E-state index < -0.39 is 8.32 Å². The molecule has 1 spiro atoms. The summed E-state index contributed by atoms with van der Waals surface area (Å²) in [5.41, 5.74) is 4.12. The van der Waals surface area contributed by atoms with E-state index >= 15 is 0 Å². The quantitative estimate of drug-likeness (QED) is 0.170. The summed E-state index contributed by atoms with van der Waals surface area (Å²) < 4.78 is 19.2. The number of esters is 1. The van der Waals surface area contributed by atoms with Crippen molar-refractivity contribution in [2.75, 3.05) is 31.7 Å². The second-order valence-electron chi connectivity index (χ2n) is 15.6. The van der Waals surface area contributed by atoms with Gasteiger partial charge >= 0.3 is 5.97 Å². The highest BCUT2D eigenvalue weighted by Crippen LogP contribution is 2.49. The maximum absolute atomic E-state index is 12.7. The van der Waals surface area contributed by atoms with Gasteiger partial charge in [0.15, 0.2) is 8.32 Å². The second-order valence-corrected chi connectivity index (χ2v) is 20.8. The summed E-state index contributed by atoms with van der Waals surface area (Å²) in [4.78, 5) is 15.2. The highest BCUT2D eigenvalue weighted by atomic mass is 35.5. The van der Waals surface area contributed by atoms with Gasteiger partial charge in [0.2, 0.25) is 0 Å². The van der Waals surface area contributed by atoms with Crippen LogP contribution in [0, 0.1) is 17.8 Å². The summed E-state index contributed by atoms with van der Waals surface area (Å²) in [6.45, 7) is 14.3. The van der Waals surface area contributed by atoms with Gasteiger partial charge in [0.1, 0.15) is 5.75 Å². The Balaban J connectivity index is 1.35. The van der Waals surface area contributed by atoms with Crippen molar-refractivity contribution in [3.63, 3.8) is 0 Å². The van der Waals surface area contributed by atoms with Gasteiger partial charge in [-0.25, -0.2) is 4.79 Å². The van der Waals surface area contributed by atoms with Crippen molar-refractivity contribution in [2.24, 2.45) is 17.8 Å². The van der Waals surface area contributed by atoms with Crippen molar-refractivity contribution in [1.29, 1.82) is 0 Å². The third-order valence-electron chi connectivity index (χ3n) is 11.8. The molecule has 6 rings (SSSR count). The number of carbonyl (C=O) groups is 1. The highest BCUT2D eigenvalue weighted by Gasteiger charge is 2.48. The van der Waals surface area contributed by atoms with E-state index in [0.717, 1.165) is 48.8 Å². The first-order chi connectivity index (χ1) is 21.4. The van der Waals surface area contributed by atoms with E-state index in [9.17, 15) is 4.79 Å². The van der Waals surface area contributed by atoms with Crippen molar-refractivity contribution in [1.82, 2.24) is 0 Å². The zero-order chi connectivity index (χ0) is 32.0. The fourth-order valence-electron chi connectivity index (χ4n) is 8.02. The van der Waals surface area contributed by atoms with Crippen LogP contribution in [-0.4, -0.2) is 47.2 Å². The number of rotatable bonds is 7. The highest BCUT2D eigenvalue weighted by molar-refractivity contribution is 6.74. The molecule has 1 aliphatic heterocycles. The van der Waals surface area contributed by atoms with Crippen LogP contribution in [0.15, 0.2) is 48.6 Å². The Labute approximate surface area is 276 Å². The summed E-state index contributed by atoms with van der Waals surface area (Å²) in [7, 11) is -0.528. The van der Waals surface area contributed by atoms with E-state index in [-0.39, 0.29) is 22.5 Å². The summed E-state index contributed by atoms with van der Waals surface area (Å²) in [5, 5.41) is 0.961. The van der Waals surface area contributed by atoms with Crippen LogP contribution in [0.1, 0.15) is 87.2 Å². The Hall–Kier alpha value is -2.28. The monoisotopic (exact) mass is 649 g/mol. The van der Waals surface area contributed by atoms with Crippen LogP contribution in [0.3, 0.4) is 0 Å². The number of hydrogen-bond donors (Lipinski definition) is 0.